The molecule has 1 aromatic rings. The van der Waals surface area contributed by atoms with Gasteiger partial charge in [0.1, 0.15) is 18.5 Å². The number of amides is 1. The highest BCUT2D eigenvalue weighted by Gasteiger charge is 2.08. The third kappa shape index (κ3) is 7.11. The SMILES string of the molecule is CNCCCC(=O)NCC(O)COc1cccc(C)c1. The molecule has 0 aliphatic carbocycles. The molecule has 0 saturated carbocycles. The molecule has 1 unspecified atom stereocenters. The van der Waals surface area contributed by atoms with Crippen LogP contribution >= 0.6 is 0 Å². The van der Waals surface area contributed by atoms with E-state index in [0.717, 1.165) is 24.3 Å². The first-order valence-electron chi connectivity index (χ1n) is 6.90. The standard InChI is InChI=1S/C15H24N2O3/c1-12-5-3-6-14(9-12)20-11-13(18)10-17-15(19)7-4-8-16-2/h3,5-6,9,13,16,18H,4,7-8,10-11H2,1-2H3,(H,17,19). The molecule has 1 atom stereocenters. The summed E-state index contributed by atoms with van der Waals surface area (Å²) in [7, 11) is 1.85. The Kier molecular flexibility index (Phi) is 7.69. The third-order valence-corrected chi connectivity index (χ3v) is 2.80. The summed E-state index contributed by atoms with van der Waals surface area (Å²) in [5.41, 5.74) is 1.11. The number of rotatable bonds is 9. The summed E-state index contributed by atoms with van der Waals surface area (Å²) in [6.45, 7) is 3.17. The fourth-order valence-electron chi connectivity index (χ4n) is 1.70. The minimum absolute atomic E-state index is 0.0464. The lowest BCUT2D eigenvalue weighted by atomic mass is 10.2. The molecule has 0 aliphatic heterocycles. The van der Waals surface area contributed by atoms with E-state index in [9.17, 15) is 9.90 Å². The normalized spacial score (nSPS) is 11.9. The van der Waals surface area contributed by atoms with Crippen LogP contribution in [0.1, 0.15) is 18.4 Å². The van der Waals surface area contributed by atoms with Crippen LogP contribution in [0, 0.1) is 6.92 Å². The average Bonchev–Trinajstić information content (AvgIpc) is 2.43. The fraction of sp³-hybridized carbons (Fsp3) is 0.533. The zero-order valence-electron chi connectivity index (χ0n) is 12.2. The second kappa shape index (κ2) is 9.34. The maximum Gasteiger partial charge on any atom is 0.220 e. The van der Waals surface area contributed by atoms with Gasteiger partial charge < -0.3 is 20.5 Å². The second-order valence-corrected chi connectivity index (χ2v) is 4.79. The molecule has 0 aromatic heterocycles. The van der Waals surface area contributed by atoms with Gasteiger partial charge in [0, 0.05) is 13.0 Å². The van der Waals surface area contributed by atoms with E-state index < -0.39 is 6.10 Å². The number of aryl methyl sites for hydroxylation is 1. The van der Waals surface area contributed by atoms with Gasteiger partial charge in [-0.3, -0.25) is 4.79 Å². The Morgan fingerprint density at radius 1 is 1.45 bits per heavy atom. The lowest BCUT2D eigenvalue weighted by Crippen LogP contribution is -2.35. The molecule has 112 valence electrons. The van der Waals surface area contributed by atoms with E-state index in [1.165, 1.54) is 0 Å². The number of carbonyl (C=O) groups is 1. The van der Waals surface area contributed by atoms with Crippen LogP contribution in [0.5, 0.6) is 5.75 Å². The molecule has 0 bridgehead atoms. The fourth-order valence-corrected chi connectivity index (χ4v) is 1.70. The predicted molar refractivity (Wildman–Crippen MR) is 78.9 cm³/mol. The van der Waals surface area contributed by atoms with Crippen LogP contribution in [0.2, 0.25) is 0 Å². The van der Waals surface area contributed by atoms with Gasteiger partial charge in [-0.2, -0.15) is 0 Å². The van der Waals surface area contributed by atoms with E-state index in [1.807, 2.05) is 38.2 Å². The monoisotopic (exact) mass is 280 g/mol. The summed E-state index contributed by atoms with van der Waals surface area (Å²) in [6, 6.07) is 7.63. The van der Waals surface area contributed by atoms with Crippen LogP contribution in [0.15, 0.2) is 24.3 Å². The molecule has 1 amide bonds. The molecule has 0 aliphatic rings. The molecule has 0 radical (unpaired) electrons. The van der Waals surface area contributed by atoms with Gasteiger partial charge in [-0.25, -0.2) is 0 Å². The number of benzene rings is 1. The van der Waals surface area contributed by atoms with Crippen molar-refractivity contribution in [2.75, 3.05) is 26.7 Å². The van der Waals surface area contributed by atoms with Gasteiger partial charge >= 0.3 is 0 Å². The first-order chi connectivity index (χ1) is 9.61. The molecular formula is C15H24N2O3. The summed E-state index contributed by atoms with van der Waals surface area (Å²) in [4.78, 5) is 11.5. The maximum atomic E-state index is 11.5. The van der Waals surface area contributed by atoms with E-state index in [-0.39, 0.29) is 19.1 Å². The van der Waals surface area contributed by atoms with Crippen molar-refractivity contribution in [2.45, 2.75) is 25.9 Å². The summed E-state index contributed by atoms with van der Waals surface area (Å²) in [6.07, 6.45) is 0.550. The van der Waals surface area contributed by atoms with Crippen molar-refractivity contribution in [1.82, 2.24) is 10.6 Å². The number of aliphatic hydroxyl groups is 1. The number of hydrogen-bond donors (Lipinski definition) is 3. The summed E-state index contributed by atoms with van der Waals surface area (Å²) >= 11 is 0. The molecule has 0 heterocycles. The van der Waals surface area contributed by atoms with Gasteiger partial charge in [0.15, 0.2) is 0 Å². The Hall–Kier alpha value is -1.59. The first-order valence-corrected chi connectivity index (χ1v) is 6.90. The second-order valence-electron chi connectivity index (χ2n) is 4.79. The van der Waals surface area contributed by atoms with E-state index >= 15 is 0 Å². The Morgan fingerprint density at radius 3 is 2.95 bits per heavy atom. The molecule has 20 heavy (non-hydrogen) atoms. The predicted octanol–water partition coefficient (Wildman–Crippen LogP) is 0.851. The molecule has 5 heteroatoms. The Labute approximate surface area is 120 Å². The van der Waals surface area contributed by atoms with Gasteiger partial charge in [-0.05, 0) is 44.6 Å². The molecule has 1 rings (SSSR count). The number of carbonyl (C=O) groups excluding carboxylic acids is 1. The minimum atomic E-state index is -0.705. The lowest BCUT2D eigenvalue weighted by Gasteiger charge is -2.13. The minimum Gasteiger partial charge on any atom is -0.491 e. The number of hydrogen-bond acceptors (Lipinski definition) is 4. The van der Waals surface area contributed by atoms with Crippen molar-refractivity contribution in [3.8, 4) is 5.75 Å². The molecule has 5 nitrogen and oxygen atoms in total. The van der Waals surface area contributed by atoms with Gasteiger partial charge in [0.25, 0.3) is 0 Å². The van der Waals surface area contributed by atoms with E-state index in [2.05, 4.69) is 10.6 Å². The number of nitrogens with one attached hydrogen (secondary N) is 2. The van der Waals surface area contributed by atoms with E-state index in [0.29, 0.717) is 6.42 Å². The van der Waals surface area contributed by atoms with Crippen molar-refractivity contribution in [1.29, 1.82) is 0 Å². The summed E-state index contributed by atoms with van der Waals surface area (Å²) < 4.78 is 5.47. The largest absolute Gasteiger partial charge is 0.491 e. The van der Waals surface area contributed by atoms with Crippen LogP contribution in [0.4, 0.5) is 0 Å². The zero-order chi connectivity index (χ0) is 14.8. The van der Waals surface area contributed by atoms with Crippen molar-refractivity contribution in [3.05, 3.63) is 29.8 Å². The van der Waals surface area contributed by atoms with Crippen molar-refractivity contribution < 1.29 is 14.6 Å². The van der Waals surface area contributed by atoms with Gasteiger partial charge in [0.2, 0.25) is 5.91 Å². The van der Waals surface area contributed by atoms with Crippen LogP contribution < -0.4 is 15.4 Å². The number of aliphatic hydroxyl groups excluding tert-OH is 1. The van der Waals surface area contributed by atoms with E-state index in [4.69, 9.17) is 4.74 Å². The average molecular weight is 280 g/mol. The first kappa shape index (κ1) is 16.5. The maximum absolute atomic E-state index is 11.5. The van der Waals surface area contributed by atoms with E-state index in [1.54, 1.807) is 0 Å². The zero-order valence-corrected chi connectivity index (χ0v) is 12.2. The number of ether oxygens (including phenoxy) is 1. The van der Waals surface area contributed by atoms with Crippen molar-refractivity contribution in [2.24, 2.45) is 0 Å². The molecule has 0 fully saturated rings. The highest BCUT2D eigenvalue weighted by Crippen LogP contribution is 2.12. The van der Waals surface area contributed by atoms with Crippen LogP contribution in [-0.4, -0.2) is 43.9 Å². The molecule has 1 aromatic carbocycles. The van der Waals surface area contributed by atoms with Gasteiger partial charge in [0.05, 0.1) is 0 Å². The highest BCUT2D eigenvalue weighted by atomic mass is 16.5. The van der Waals surface area contributed by atoms with Gasteiger partial charge in [-0.15, -0.1) is 0 Å². The molecule has 0 saturated heterocycles. The lowest BCUT2D eigenvalue weighted by molar-refractivity contribution is -0.121. The Morgan fingerprint density at radius 2 is 2.25 bits per heavy atom. The molecule has 3 N–H and O–H groups in total. The summed E-state index contributed by atoms with van der Waals surface area (Å²) in [5, 5.41) is 15.4. The topological polar surface area (TPSA) is 70.6 Å². The molecular weight excluding hydrogens is 256 g/mol. The Bertz CT molecular complexity index is 410. The van der Waals surface area contributed by atoms with Gasteiger partial charge in [-0.1, -0.05) is 12.1 Å². The molecule has 0 spiro atoms. The Balaban J connectivity index is 2.17. The van der Waals surface area contributed by atoms with Crippen LogP contribution in [0.25, 0.3) is 0 Å². The van der Waals surface area contributed by atoms with Crippen molar-refractivity contribution >= 4 is 5.91 Å². The van der Waals surface area contributed by atoms with Crippen LogP contribution in [-0.2, 0) is 4.79 Å². The third-order valence-electron chi connectivity index (χ3n) is 2.80. The van der Waals surface area contributed by atoms with Crippen LogP contribution in [0.3, 0.4) is 0 Å². The smallest absolute Gasteiger partial charge is 0.220 e. The summed E-state index contributed by atoms with van der Waals surface area (Å²) in [5.74, 6) is 0.680. The highest BCUT2D eigenvalue weighted by molar-refractivity contribution is 5.75. The quantitative estimate of drug-likeness (QED) is 0.587. The van der Waals surface area contributed by atoms with Crippen molar-refractivity contribution in [3.63, 3.8) is 0 Å².